The van der Waals surface area contributed by atoms with Crippen LogP contribution in [0.2, 0.25) is 0 Å². The summed E-state index contributed by atoms with van der Waals surface area (Å²) in [5, 5.41) is 3.51. The molecule has 0 atom stereocenters. The molecular formula is C50H34N4S. The molecule has 260 valence electrons. The summed E-state index contributed by atoms with van der Waals surface area (Å²) in [6.45, 7) is 4.71. The molecule has 0 N–H and O–H groups in total. The molecule has 0 unspecified atom stereocenters. The van der Waals surface area contributed by atoms with E-state index in [1.807, 2.05) is 24.3 Å². The first-order valence-electron chi connectivity index (χ1n) is 18.7. The van der Waals surface area contributed by atoms with Crippen molar-refractivity contribution in [3.63, 3.8) is 0 Å². The minimum absolute atomic E-state index is 0.120. The number of benzene rings is 7. The van der Waals surface area contributed by atoms with Crippen LogP contribution in [-0.2, 0) is 5.41 Å². The summed E-state index contributed by atoms with van der Waals surface area (Å²) in [4.78, 5) is 15.3. The molecule has 1 aliphatic carbocycles. The summed E-state index contributed by atoms with van der Waals surface area (Å²) in [6, 6.07) is 60.3. The van der Waals surface area contributed by atoms with E-state index in [0.717, 1.165) is 49.9 Å². The van der Waals surface area contributed by atoms with Crippen LogP contribution in [0.3, 0.4) is 0 Å². The van der Waals surface area contributed by atoms with Crippen LogP contribution in [0, 0.1) is 0 Å². The maximum atomic E-state index is 5.16. The third kappa shape index (κ3) is 5.00. The van der Waals surface area contributed by atoms with E-state index in [9.17, 15) is 0 Å². The van der Waals surface area contributed by atoms with Gasteiger partial charge in [-0.15, -0.1) is 11.3 Å². The number of thiazole rings is 1. The van der Waals surface area contributed by atoms with Crippen LogP contribution < -0.4 is 0 Å². The van der Waals surface area contributed by atoms with Gasteiger partial charge < -0.3 is 4.57 Å². The molecule has 0 fully saturated rings. The van der Waals surface area contributed by atoms with Gasteiger partial charge >= 0.3 is 0 Å². The molecule has 0 aliphatic heterocycles. The lowest BCUT2D eigenvalue weighted by Crippen LogP contribution is -2.14. The number of hydrogen-bond acceptors (Lipinski definition) is 4. The van der Waals surface area contributed by atoms with Gasteiger partial charge in [0.1, 0.15) is 5.01 Å². The van der Waals surface area contributed by atoms with Crippen molar-refractivity contribution in [2.24, 2.45) is 0 Å². The Bertz CT molecular complexity index is 3030. The van der Waals surface area contributed by atoms with Gasteiger partial charge in [-0.05, 0) is 64.7 Å². The van der Waals surface area contributed by atoms with Crippen LogP contribution in [0.1, 0.15) is 25.0 Å². The second-order valence-corrected chi connectivity index (χ2v) is 15.9. The molecule has 5 heteroatoms. The lowest BCUT2D eigenvalue weighted by molar-refractivity contribution is 0.661. The van der Waals surface area contributed by atoms with Crippen LogP contribution >= 0.6 is 11.3 Å². The van der Waals surface area contributed by atoms with Crippen LogP contribution in [0.15, 0.2) is 170 Å². The Balaban J connectivity index is 1.13. The Morgan fingerprint density at radius 3 is 1.82 bits per heavy atom. The summed E-state index contributed by atoms with van der Waals surface area (Å²) in [5.41, 5.74) is 15.8. The zero-order valence-electron chi connectivity index (χ0n) is 30.4. The number of hydrogen-bond donors (Lipinski definition) is 0. The second-order valence-electron chi connectivity index (χ2n) is 14.9. The third-order valence-electron chi connectivity index (χ3n) is 11.3. The van der Waals surface area contributed by atoms with Crippen molar-refractivity contribution in [1.82, 2.24) is 19.5 Å². The highest BCUT2D eigenvalue weighted by atomic mass is 32.1. The van der Waals surface area contributed by atoms with E-state index in [-0.39, 0.29) is 5.41 Å². The molecule has 7 aromatic carbocycles. The average molecular weight is 723 g/mol. The fourth-order valence-corrected chi connectivity index (χ4v) is 9.60. The molecule has 0 saturated heterocycles. The molecule has 3 aromatic heterocycles. The highest BCUT2D eigenvalue weighted by Gasteiger charge is 2.36. The highest BCUT2D eigenvalue weighted by Crippen LogP contribution is 2.51. The van der Waals surface area contributed by atoms with Crippen molar-refractivity contribution in [3.05, 3.63) is 181 Å². The van der Waals surface area contributed by atoms with Gasteiger partial charge in [0.05, 0.1) is 32.6 Å². The van der Waals surface area contributed by atoms with Gasteiger partial charge in [0.25, 0.3) is 0 Å². The molecule has 0 bridgehead atoms. The highest BCUT2D eigenvalue weighted by molar-refractivity contribution is 7.22. The molecule has 11 rings (SSSR count). The number of fused-ring (bicyclic) bond motifs is 8. The molecule has 0 saturated carbocycles. The summed E-state index contributed by atoms with van der Waals surface area (Å²) >= 11 is 1.77. The molecule has 3 heterocycles. The normalized spacial score (nSPS) is 13.1. The SMILES string of the molecule is CC1(C)c2ccccc2-c2cc3c4ccc5nc(-c6ccccc6)sc5c4n(-c4ccc(-c5cc(-c6ccccc6)nc(-c6ccccc6)n5)cc4)c3cc21. The van der Waals surface area contributed by atoms with Crippen molar-refractivity contribution in [1.29, 1.82) is 0 Å². The molecule has 0 amide bonds. The molecule has 1 aliphatic rings. The molecule has 0 radical (unpaired) electrons. The topological polar surface area (TPSA) is 43.6 Å². The van der Waals surface area contributed by atoms with Gasteiger partial charge in [0.2, 0.25) is 0 Å². The Morgan fingerprint density at radius 1 is 0.491 bits per heavy atom. The maximum Gasteiger partial charge on any atom is 0.160 e. The predicted molar refractivity (Wildman–Crippen MR) is 229 cm³/mol. The van der Waals surface area contributed by atoms with E-state index in [2.05, 4.69) is 164 Å². The monoisotopic (exact) mass is 722 g/mol. The van der Waals surface area contributed by atoms with Crippen molar-refractivity contribution in [2.75, 3.05) is 0 Å². The van der Waals surface area contributed by atoms with E-state index in [4.69, 9.17) is 15.0 Å². The van der Waals surface area contributed by atoms with Crippen molar-refractivity contribution in [2.45, 2.75) is 19.3 Å². The van der Waals surface area contributed by atoms with Crippen LogP contribution in [0.4, 0.5) is 0 Å². The van der Waals surface area contributed by atoms with Crippen molar-refractivity contribution < 1.29 is 0 Å². The van der Waals surface area contributed by atoms with Gasteiger partial charge in [-0.25, -0.2) is 15.0 Å². The fraction of sp³-hybridized carbons (Fsp3) is 0.0600. The Labute approximate surface area is 323 Å². The minimum atomic E-state index is -0.120. The number of nitrogens with zero attached hydrogens (tertiary/aromatic N) is 4. The summed E-state index contributed by atoms with van der Waals surface area (Å²) in [7, 11) is 0. The van der Waals surface area contributed by atoms with E-state index in [1.54, 1.807) is 11.3 Å². The largest absolute Gasteiger partial charge is 0.308 e. The molecule has 10 aromatic rings. The van der Waals surface area contributed by atoms with Crippen molar-refractivity contribution in [3.8, 4) is 61.3 Å². The fourth-order valence-electron chi connectivity index (χ4n) is 8.50. The minimum Gasteiger partial charge on any atom is -0.308 e. The summed E-state index contributed by atoms with van der Waals surface area (Å²) in [6.07, 6.45) is 0. The molecule has 4 nitrogen and oxygen atoms in total. The van der Waals surface area contributed by atoms with E-state index >= 15 is 0 Å². The standard InChI is InChI=1S/C50H34N4S/c1-50(2)40-21-13-12-20-36(40)38-28-39-37-26-27-42-47(55-49(53-42)34-18-10-5-11-19-34)46(37)54(45(39)29-41(38)50)35-24-22-32(23-25-35)44-30-43(31-14-6-3-7-15-31)51-48(52-44)33-16-8-4-9-17-33/h3-30H,1-2H3. The second kappa shape index (κ2) is 12.2. The third-order valence-corrected chi connectivity index (χ3v) is 12.4. The van der Waals surface area contributed by atoms with Gasteiger partial charge in [0, 0.05) is 44.1 Å². The Kier molecular flexibility index (Phi) is 7.04. The average Bonchev–Trinajstić information content (AvgIpc) is 3.90. The number of rotatable bonds is 5. The van der Waals surface area contributed by atoms with Crippen LogP contribution in [0.5, 0.6) is 0 Å². The summed E-state index contributed by atoms with van der Waals surface area (Å²) < 4.78 is 3.65. The Hall–Kier alpha value is -6.69. The van der Waals surface area contributed by atoms with E-state index in [1.165, 1.54) is 48.8 Å². The number of aromatic nitrogens is 4. The zero-order valence-corrected chi connectivity index (χ0v) is 31.2. The zero-order chi connectivity index (χ0) is 36.7. The first-order valence-corrected chi connectivity index (χ1v) is 19.5. The van der Waals surface area contributed by atoms with Crippen molar-refractivity contribution >= 4 is 43.4 Å². The predicted octanol–water partition coefficient (Wildman–Crippen LogP) is 13.2. The van der Waals surface area contributed by atoms with Gasteiger partial charge in [-0.2, -0.15) is 0 Å². The van der Waals surface area contributed by atoms with Gasteiger partial charge in [-0.3, -0.25) is 0 Å². The van der Waals surface area contributed by atoms with E-state index in [0.29, 0.717) is 5.82 Å². The summed E-state index contributed by atoms with van der Waals surface area (Å²) in [5.74, 6) is 0.711. The Morgan fingerprint density at radius 2 is 1.11 bits per heavy atom. The van der Waals surface area contributed by atoms with Gasteiger partial charge in [0.15, 0.2) is 5.82 Å². The molecule has 55 heavy (non-hydrogen) atoms. The van der Waals surface area contributed by atoms with Crippen LogP contribution in [0.25, 0.3) is 93.3 Å². The van der Waals surface area contributed by atoms with E-state index < -0.39 is 0 Å². The lowest BCUT2D eigenvalue weighted by atomic mass is 9.82. The van der Waals surface area contributed by atoms with Gasteiger partial charge in [-0.1, -0.05) is 141 Å². The lowest BCUT2D eigenvalue weighted by Gasteiger charge is -2.21. The van der Waals surface area contributed by atoms with Crippen LogP contribution in [-0.4, -0.2) is 19.5 Å². The maximum absolute atomic E-state index is 5.16. The molecular weight excluding hydrogens is 689 g/mol. The smallest absolute Gasteiger partial charge is 0.160 e. The first-order chi connectivity index (χ1) is 27.0. The molecule has 0 spiro atoms. The quantitative estimate of drug-likeness (QED) is 0.178. The first kappa shape index (κ1) is 31.8.